The van der Waals surface area contributed by atoms with Gasteiger partial charge in [0, 0.05) is 12.1 Å². The van der Waals surface area contributed by atoms with Gasteiger partial charge in [-0.05, 0) is 31.5 Å². The molecule has 1 atom stereocenters. The lowest BCUT2D eigenvalue weighted by molar-refractivity contribution is -0.138. The maximum absolute atomic E-state index is 13.6. The summed E-state index contributed by atoms with van der Waals surface area (Å²) in [4.78, 5) is 13.8. The Kier molecular flexibility index (Phi) is 2.17. The largest absolute Gasteiger partial charge is 0.425 e. The molecule has 0 bridgehead atoms. The van der Waals surface area contributed by atoms with E-state index in [9.17, 15) is 9.18 Å². The predicted molar refractivity (Wildman–Crippen MR) is 55.5 cm³/mol. The van der Waals surface area contributed by atoms with Gasteiger partial charge in [0.1, 0.15) is 17.6 Å². The fourth-order valence-corrected chi connectivity index (χ4v) is 2.45. The highest BCUT2D eigenvalue weighted by Gasteiger charge is 2.36. The average molecular weight is 221 g/mol. The Morgan fingerprint density at radius 1 is 1.44 bits per heavy atom. The molecule has 0 amide bonds. The van der Waals surface area contributed by atoms with E-state index in [2.05, 4.69) is 0 Å². The lowest BCUT2D eigenvalue weighted by Crippen LogP contribution is -2.35. The lowest BCUT2D eigenvalue weighted by atomic mass is 10.2. The Balaban J connectivity index is 2.05. The second-order valence-electron chi connectivity index (χ2n) is 4.27. The number of nitrogens with zero attached hydrogens (tertiary/aromatic N) is 1. The number of rotatable bonds is 0. The van der Waals surface area contributed by atoms with E-state index in [4.69, 9.17) is 4.74 Å². The molecule has 2 aliphatic heterocycles. The van der Waals surface area contributed by atoms with Gasteiger partial charge in [0.05, 0.1) is 0 Å². The number of ether oxygens (including phenoxy) is 1. The van der Waals surface area contributed by atoms with Crippen LogP contribution in [0, 0.1) is 5.82 Å². The highest BCUT2D eigenvalue weighted by Crippen LogP contribution is 2.31. The summed E-state index contributed by atoms with van der Waals surface area (Å²) in [5.41, 5.74) is 0.500. The number of fused-ring (bicyclic) bond motifs is 2. The second-order valence-corrected chi connectivity index (χ2v) is 4.27. The van der Waals surface area contributed by atoms with Crippen LogP contribution in [0.2, 0.25) is 0 Å². The minimum Gasteiger partial charge on any atom is -0.425 e. The molecule has 1 aromatic rings. The Bertz CT molecular complexity index is 447. The van der Waals surface area contributed by atoms with Crippen LogP contribution in [0.25, 0.3) is 0 Å². The Labute approximate surface area is 92.8 Å². The van der Waals surface area contributed by atoms with Crippen LogP contribution >= 0.6 is 0 Å². The third-order valence-electron chi connectivity index (χ3n) is 3.28. The Hall–Kier alpha value is -1.42. The first-order chi connectivity index (χ1) is 7.75. The first-order valence-electron chi connectivity index (χ1n) is 5.49. The molecule has 16 heavy (non-hydrogen) atoms. The van der Waals surface area contributed by atoms with Crippen LogP contribution in [-0.2, 0) is 11.3 Å². The van der Waals surface area contributed by atoms with Gasteiger partial charge in [-0.25, -0.2) is 9.18 Å². The van der Waals surface area contributed by atoms with Gasteiger partial charge < -0.3 is 4.74 Å². The maximum atomic E-state index is 13.6. The summed E-state index contributed by atoms with van der Waals surface area (Å²) in [7, 11) is 0. The van der Waals surface area contributed by atoms with Crippen molar-refractivity contribution in [1.29, 1.82) is 0 Å². The van der Waals surface area contributed by atoms with Gasteiger partial charge in [-0.15, -0.1) is 0 Å². The van der Waals surface area contributed by atoms with Gasteiger partial charge in [-0.1, -0.05) is 6.07 Å². The molecule has 3 rings (SSSR count). The van der Waals surface area contributed by atoms with E-state index in [1.807, 2.05) is 4.90 Å². The monoisotopic (exact) mass is 221 g/mol. The van der Waals surface area contributed by atoms with Crippen LogP contribution < -0.4 is 4.74 Å². The minimum atomic E-state index is -0.294. The maximum Gasteiger partial charge on any atom is 0.328 e. The van der Waals surface area contributed by atoms with Gasteiger partial charge in [0.25, 0.3) is 0 Å². The zero-order chi connectivity index (χ0) is 11.1. The number of esters is 1. The molecule has 1 aromatic carbocycles. The summed E-state index contributed by atoms with van der Waals surface area (Å²) in [6.07, 6.45) is 1.79. The molecule has 1 saturated heterocycles. The quantitative estimate of drug-likeness (QED) is 0.493. The second kappa shape index (κ2) is 3.56. The SMILES string of the molecule is O=C1Oc2cccc(F)c2CN2CCC[C@@H]12. The average Bonchev–Trinajstić information content (AvgIpc) is 2.66. The number of benzene rings is 1. The summed E-state index contributed by atoms with van der Waals surface area (Å²) in [5.74, 6) is -0.167. The highest BCUT2D eigenvalue weighted by molar-refractivity contribution is 5.79. The Morgan fingerprint density at radius 2 is 2.31 bits per heavy atom. The smallest absolute Gasteiger partial charge is 0.328 e. The topological polar surface area (TPSA) is 29.5 Å². The fourth-order valence-electron chi connectivity index (χ4n) is 2.45. The van der Waals surface area contributed by atoms with E-state index < -0.39 is 0 Å². The van der Waals surface area contributed by atoms with Crippen LogP contribution in [0.5, 0.6) is 5.75 Å². The number of hydrogen-bond donors (Lipinski definition) is 0. The van der Waals surface area contributed by atoms with Crippen molar-refractivity contribution in [3.05, 3.63) is 29.6 Å². The molecular weight excluding hydrogens is 209 g/mol. The Morgan fingerprint density at radius 3 is 3.19 bits per heavy atom. The zero-order valence-electron chi connectivity index (χ0n) is 8.78. The van der Waals surface area contributed by atoms with Crippen molar-refractivity contribution in [3.8, 4) is 5.75 Å². The fraction of sp³-hybridized carbons (Fsp3) is 0.417. The molecule has 2 aliphatic rings. The van der Waals surface area contributed by atoms with Crippen LogP contribution in [-0.4, -0.2) is 23.5 Å². The molecule has 1 fully saturated rings. The van der Waals surface area contributed by atoms with Gasteiger partial charge in [-0.3, -0.25) is 4.90 Å². The summed E-state index contributed by atoms with van der Waals surface area (Å²) < 4.78 is 18.8. The lowest BCUT2D eigenvalue weighted by Gasteiger charge is -2.18. The van der Waals surface area contributed by atoms with Gasteiger partial charge in [-0.2, -0.15) is 0 Å². The molecule has 0 N–H and O–H groups in total. The molecule has 0 radical (unpaired) electrons. The summed E-state index contributed by atoms with van der Waals surface area (Å²) >= 11 is 0. The molecule has 2 heterocycles. The molecule has 0 aromatic heterocycles. The van der Waals surface area contributed by atoms with E-state index >= 15 is 0 Å². The molecule has 84 valence electrons. The number of carbonyl (C=O) groups is 1. The number of carbonyl (C=O) groups excluding carboxylic acids is 1. The molecular formula is C12H12FNO2. The van der Waals surface area contributed by atoms with Crippen LogP contribution in [0.3, 0.4) is 0 Å². The standard InChI is InChI=1S/C12H12FNO2/c13-9-3-1-5-11-8(9)7-14-6-2-4-10(14)12(15)16-11/h1,3,5,10H,2,4,6-7H2/t10-/m0/s1. The van der Waals surface area contributed by atoms with Crippen molar-refractivity contribution in [2.45, 2.75) is 25.4 Å². The normalized spacial score (nSPS) is 24.6. The van der Waals surface area contributed by atoms with E-state index in [-0.39, 0.29) is 17.8 Å². The van der Waals surface area contributed by atoms with Crippen molar-refractivity contribution in [3.63, 3.8) is 0 Å². The first-order valence-corrected chi connectivity index (χ1v) is 5.49. The zero-order valence-corrected chi connectivity index (χ0v) is 8.78. The van der Waals surface area contributed by atoms with E-state index in [1.54, 1.807) is 12.1 Å². The molecule has 0 aliphatic carbocycles. The van der Waals surface area contributed by atoms with Crippen LogP contribution in [0.15, 0.2) is 18.2 Å². The minimum absolute atomic E-state index is 0.188. The number of halogens is 1. The molecule has 3 nitrogen and oxygen atoms in total. The van der Waals surface area contributed by atoms with Gasteiger partial charge in [0.2, 0.25) is 0 Å². The van der Waals surface area contributed by atoms with Crippen LogP contribution in [0.1, 0.15) is 18.4 Å². The van der Waals surface area contributed by atoms with Crippen molar-refractivity contribution in [1.82, 2.24) is 4.90 Å². The summed E-state index contributed by atoms with van der Waals surface area (Å²) in [5, 5.41) is 0. The molecule has 0 spiro atoms. The van der Waals surface area contributed by atoms with Crippen molar-refractivity contribution >= 4 is 5.97 Å². The van der Waals surface area contributed by atoms with E-state index in [1.165, 1.54) is 6.07 Å². The van der Waals surface area contributed by atoms with Crippen LogP contribution in [0.4, 0.5) is 4.39 Å². The summed E-state index contributed by atoms with van der Waals surface area (Å²) in [6.45, 7) is 1.31. The molecule has 0 unspecified atom stereocenters. The van der Waals surface area contributed by atoms with Gasteiger partial charge in [0.15, 0.2) is 0 Å². The number of hydrogen-bond acceptors (Lipinski definition) is 3. The van der Waals surface area contributed by atoms with Crippen molar-refractivity contribution in [2.75, 3.05) is 6.54 Å². The van der Waals surface area contributed by atoms with E-state index in [0.717, 1.165) is 19.4 Å². The van der Waals surface area contributed by atoms with E-state index in [0.29, 0.717) is 17.9 Å². The van der Waals surface area contributed by atoms with Crippen molar-refractivity contribution < 1.29 is 13.9 Å². The van der Waals surface area contributed by atoms with Gasteiger partial charge >= 0.3 is 5.97 Å². The third-order valence-corrected chi connectivity index (χ3v) is 3.28. The first kappa shape index (κ1) is 9.78. The molecule has 0 saturated carbocycles. The van der Waals surface area contributed by atoms with Crippen molar-refractivity contribution in [2.24, 2.45) is 0 Å². The molecule has 4 heteroatoms. The third kappa shape index (κ3) is 1.41. The summed E-state index contributed by atoms with van der Waals surface area (Å²) in [6, 6.07) is 4.44. The highest BCUT2D eigenvalue weighted by atomic mass is 19.1. The predicted octanol–water partition coefficient (Wildman–Crippen LogP) is 1.71.